The standard InChI is InChI=1S/C19H19N3O4/c23-17(12-22-18(24)13-26-15-7-4-8-20-19(15)22)21-9-10-25-16(11-21)14-5-2-1-3-6-14/h1-8,16H,9-13H2/t16-/m0/s1. The van der Waals surface area contributed by atoms with Gasteiger partial charge in [-0.25, -0.2) is 4.98 Å². The highest BCUT2D eigenvalue weighted by atomic mass is 16.5. The first-order valence-corrected chi connectivity index (χ1v) is 8.55. The zero-order valence-electron chi connectivity index (χ0n) is 14.2. The Labute approximate surface area is 151 Å². The summed E-state index contributed by atoms with van der Waals surface area (Å²) >= 11 is 0. The highest BCUT2D eigenvalue weighted by Crippen LogP contribution is 2.29. The second-order valence-corrected chi connectivity index (χ2v) is 6.20. The van der Waals surface area contributed by atoms with Gasteiger partial charge in [-0.05, 0) is 17.7 Å². The van der Waals surface area contributed by atoms with Crippen LogP contribution in [-0.4, -0.2) is 54.5 Å². The minimum Gasteiger partial charge on any atom is -0.480 e. The molecule has 0 bridgehead atoms. The van der Waals surface area contributed by atoms with Gasteiger partial charge >= 0.3 is 0 Å². The van der Waals surface area contributed by atoms with Crippen LogP contribution in [0.5, 0.6) is 5.75 Å². The Balaban J connectivity index is 1.47. The maximum atomic E-state index is 12.8. The van der Waals surface area contributed by atoms with Crippen molar-refractivity contribution in [3.05, 3.63) is 54.2 Å². The number of anilines is 1. The van der Waals surface area contributed by atoms with E-state index in [1.54, 1.807) is 23.2 Å². The third-order valence-corrected chi connectivity index (χ3v) is 4.54. The summed E-state index contributed by atoms with van der Waals surface area (Å²) in [6.07, 6.45) is 1.43. The molecule has 1 saturated heterocycles. The molecule has 1 aromatic heterocycles. The summed E-state index contributed by atoms with van der Waals surface area (Å²) in [5.74, 6) is 0.521. The first-order valence-electron chi connectivity index (χ1n) is 8.55. The van der Waals surface area contributed by atoms with Crippen molar-refractivity contribution in [2.24, 2.45) is 0 Å². The molecule has 0 aliphatic carbocycles. The van der Waals surface area contributed by atoms with Gasteiger partial charge in [-0.2, -0.15) is 0 Å². The molecule has 7 heteroatoms. The molecule has 2 amide bonds. The number of aromatic nitrogens is 1. The summed E-state index contributed by atoms with van der Waals surface area (Å²) in [7, 11) is 0. The van der Waals surface area contributed by atoms with Crippen LogP contribution in [0.2, 0.25) is 0 Å². The highest BCUT2D eigenvalue weighted by Gasteiger charge is 2.32. The van der Waals surface area contributed by atoms with Crippen LogP contribution in [-0.2, 0) is 14.3 Å². The number of rotatable bonds is 3. The van der Waals surface area contributed by atoms with Gasteiger partial charge in [-0.3, -0.25) is 14.5 Å². The van der Waals surface area contributed by atoms with Crippen molar-refractivity contribution in [2.45, 2.75) is 6.10 Å². The van der Waals surface area contributed by atoms with E-state index in [1.165, 1.54) is 4.90 Å². The number of carbonyl (C=O) groups excluding carboxylic acids is 2. The maximum Gasteiger partial charge on any atom is 0.266 e. The van der Waals surface area contributed by atoms with Gasteiger partial charge in [0.1, 0.15) is 12.6 Å². The number of ether oxygens (including phenoxy) is 2. The largest absolute Gasteiger partial charge is 0.480 e. The van der Waals surface area contributed by atoms with Gasteiger partial charge in [-0.1, -0.05) is 30.3 Å². The zero-order chi connectivity index (χ0) is 17.9. The van der Waals surface area contributed by atoms with Crippen LogP contribution < -0.4 is 9.64 Å². The molecule has 1 atom stereocenters. The van der Waals surface area contributed by atoms with Crippen molar-refractivity contribution in [1.29, 1.82) is 0 Å². The lowest BCUT2D eigenvalue weighted by Crippen LogP contribution is -2.50. The van der Waals surface area contributed by atoms with E-state index in [9.17, 15) is 9.59 Å². The number of fused-ring (bicyclic) bond motifs is 1. The maximum absolute atomic E-state index is 12.8. The van der Waals surface area contributed by atoms with Crippen molar-refractivity contribution < 1.29 is 19.1 Å². The Morgan fingerprint density at radius 1 is 1.19 bits per heavy atom. The summed E-state index contributed by atoms with van der Waals surface area (Å²) in [5, 5.41) is 0. The number of hydrogen-bond donors (Lipinski definition) is 0. The first kappa shape index (κ1) is 16.5. The zero-order valence-corrected chi connectivity index (χ0v) is 14.2. The van der Waals surface area contributed by atoms with Crippen LogP contribution >= 0.6 is 0 Å². The van der Waals surface area contributed by atoms with Crippen LogP contribution in [0.4, 0.5) is 5.82 Å². The number of pyridine rings is 1. The number of amides is 2. The summed E-state index contributed by atoms with van der Waals surface area (Å²) in [6.45, 7) is 1.32. The third kappa shape index (κ3) is 3.25. The highest BCUT2D eigenvalue weighted by molar-refractivity contribution is 6.01. The fraction of sp³-hybridized carbons (Fsp3) is 0.316. The molecule has 0 unspecified atom stereocenters. The quantitative estimate of drug-likeness (QED) is 0.834. The second kappa shape index (κ2) is 7.13. The van der Waals surface area contributed by atoms with E-state index >= 15 is 0 Å². The van der Waals surface area contributed by atoms with Crippen LogP contribution in [0.3, 0.4) is 0 Å². The lowest BCUT2D eigenvalue weighted by Gasteiger charge is -2.35. The molecule has 0 N–H and O–H groups in total. The van der Waals surface area contributed by atoms with Gasteiger partial charge in [0, 0.05) is 12.7 Å². The number of nitrogens with zero attached hydrogens (tertiary/aromatic N) is 3. The second-order valence-electron chi connectivity index (χ2n) is 6.20. The topological polar surface area (TPSA) is 72.0 Å². The van der Waals surface area contributed by atoms with E-state index < -0.39 is 0 Å². The fourth-order valence-electron chi connectivity index (χ4n) is 3.18. The van der Waals surface area contributed by atoms with E-state index in [4.69, 9.17) is 9.47 Å². The lowest BCUT2D eigenvalue weighted by atomic mass is 10.1. The summed E-state index contributed by atoms with van der Waals surface area (Å²) in [4.78, 5) is 32.4. The predicted molar refractivity (Wildman–Crippen MR) is 93.8 cm³/mol. The Kier molecular flexibility index (Phi) is 4.53. The van der Waals surface area contributed by atoms with Crippen molar-refractivity contribution in [3.8, 4) is 5.75 Å². The Morgan fingerprint density at radius 2 is 2.04 bits per heavy atom. The van der Waals surface area contributed by atoms with Crippen molar-refractivity contribution in [3.63, 3.8) is 0 Å². The van der Waals surface area contributed by atoms with Gasteiger partial charge < -0.3 is 14.4 Å². The molecule has 134 valence electrons. The Bertz CT molecular complexity index is 811. The van der Waals surface area contributed by atoms with Crippen LogP contribution in [0.15, 0.2) is 48.7 Å². The Hall–Kier alpha value is -2.93. The average Bonchev–Trinajstić information content (AvgIpc) is 2.71. The number of carbonyl (C=O) groups is 2. The van der Waals surface area contributed by atoms with Crippen molar-refractivity contribution >= 4 is 17.6 Å². The monoisotopic (exact) mass is 353 g/mol. The van der Waals surface area contributed by atoms with Crippen molar-refractivity contribution in [2.75, 3.05) is 37.7 Å². The van der Waals surface area contributed by atoms with E-state index in [0.717, 1.165) is 5.56 Å². The molecule has 3 heterocycles. The van der Waals surface area contributed by atoms with Gasteiger partial charge in [0.15, 0.2) is 18.2 Å². The summed E-state index contributed by atoms with van der Waals surface area (Å²) < 4.78 is 11.2. The molecule has 0 radical (unpaired) electrons. The molecule has 2 aliphatic heterocycles. The lowest BCUT2D eigenvalue weighted by molar-refractivity contribution is -0.138. The molecule has 2 aromatic rings. The van der Waals surface area contributed by atoms with Gasteiger partial charge in [0.2, 0.25) is 5.91 Å². The van der Waals surface area contributed by atoms with Crippen molar-refractivity contribution in [1.82, 2.24) is 9.88 Å². The summed E-state index contributed by atoms with van der Waals surface area (Å²) in [6, 6.07) is 13.3. The van der Waals surface area contributed by atoms with Crippen LogP contribution in [0, 0.1) is 0 Å². The first-order chi connectivity index (χ1) is 12.7. The normalized spacial score (nSPS) is 19.7. The predicted octanol–water partition coefficient (Wildman–Crippen LogP) is 1.41. The molecule has 26 heavy (non-hydrogen) atoms. The minimum absolute atomic E-state index is 0.0479. The molecule has 0 spiro atoms. The SMILES string of the molecule is O=C(CN1C(=O)COc2cccnc21)N1CCO[C@H](c2ccccc2)C1. The molecule has 1 fully saturated rings. The molecular weight excluding hydrogens is 334 g/mol. The van der Waals surface area contributed by atoms with Gasteiger partial charge in [-0.15, -0.1) is 0 Å². The minimum atomic E-state index is -0.266. The van der Waals surface area contributed by atoms with E-state index in [2.05, 4.69) is 4.98 Å². The van der Waals surface area contributed by atoms with E-state index in [0.29, 0.717) is 31.3 Å². The number of hydrogen-bond acceptors (Lipinski definition) is 5. The smallest absolute Gasteiger partial charge is 0.266 e. The molecule has 2 aliphatic rings. The third-order valence-electron chi connectivity index (χ3n) is 4.54. The number of benzene rings is 1. The van der Waals surface area contributed by atoms with E-state index in [1.807, 2.05) is 30.3 Å². The van der Waals surface area contributed by atoms with E-state index in [-0.39, 0.29) is 31.1 Å². The molecule has 1 aromatic carbocycles. The van der Waals surface area contributed by atoms with Crippen LogP contribution in [0.25, 0.3) is 0 Å². The number of morpholine rings is 1. The fourth-order valence-corrected chi connectivity index (χ4v) is 3.18. The molecular formula is C19H19N3O4. The Morgan fingerprint density at radius 3 is 2.88 bits per heavy atom. The van der Waals surface area contributed by atoms with Crippen LogP contribution in [0.1, 0.15) is 11.7 Å². The molecule has 7 nitrogen and oxygen atoms in total. The van der Waals surface area contributed by atoms with Gasteiger partial charge in [0.25, 0.3) is 5.91 Å². The average molecular weight is 353 g/mol. The van der Waals surface area contributed by atoms with Gasteiger partial charge in [0.05, 0.1) is 13.2 Å². The summed E-state index contributed by atoms with van der Waals surface area (Å²) in [5.41, 5.74) is 1.04. The molecule has 4 rings (SSSR count). The molecule has 0 saturated carbocycles.